The average Bonchev–Trinajstić information content (AvgIpc) is 2.25. The van der Waals surface area contributed by atoms with Gasteiger partial charge in [0.05, 0.1) is 22.1 Å². The van der Waals surface area contributed by atoms with Gasteiger partial charge in [0, 0.05) is 10.5 Å². The zero-order valence-electron chi connectivity index (χ0n) is 9.97. The number of aliphatic carboxylic acids is 1. The van der Waals surface area contributed by atoms with Crippen molar-refractivity contribution < 1.29 is 14.6 Å². The molecule has 0 aliphatic rings. The van der Waals surface area contributed by atoms with E-state index in [4.69, 9.17) is 33.0 Å². The van der Waals surface area contributed by atoms with E-state index in [-0.39, 0.29) is 6.61 Å². The minimum atomic E-state index is -0.856. The second kappa shape index (κ2) is 6.13. The molecule has 0 radical (unpaired) electrons. The first kappa shape index (κ1) is 15.6. The van der Waals surface area contributed by atoms with Crippen molar-refractivity contribution in [1.82, 2.24) is 0 Å². The number of halogens is 3. The Bertz CT molecular complexity index is 461. The summed E-state index contributed by atoms with van der Waals surface area (Å²) in [6.45, 7) is 3.56. The molecule has 0 saturated heterocycles. The highest BCUT2D eigenvalue weighted by atomic mass is 79.9. The van der Waals surface area contributed by atoms with E-state index < -0.39 is 11.4 Å². The van der Waals surface area contributed by atoms with Crippen molar-refractivity contribution in [3.8, 4) is 5.75 Å². The van der Waals surface area contributed by atoms with E-state index in [2.05, 4.69) is 15.9 Å². The van der Waals surface area contributed by atoms with Crippen LogP contribution in [0.5, 0.6) is 5.75 Å². The first-order chi connectivity index (χ1) is 8.24. The Kier molecular flexibility index (Phi) is 5.32. The number of carboxylic acids is 1. The summed E-state index contributed by atoms with van der Waals surface area (Å²) in [7, 11) is 0. The van der Waals surface area contributed by atoms with Gasteiger partial charge in [-0.25, -0.2) is 0 Å². The van der Waals surface area contributed by atoms with Gasteiger partial charge in [0.15, 0.2) is 0 Å². The Balaban J connectivity index is 2.65. The van der Waals surface area contributed by atoms with Gasteiger partial charge in [-0.05, 0) is 42.3 Å². The zero-order valence-corrected chi connectivity index (χ0v) is 13.1. The zero-order chi connectivity index (χ0) is 13.9. The van der Waals surface area contributed by atoms with E-state index in [1.807, 2.05) is 0 Å². The average molecular weight is 356 g/mol. The van der Waals surface area contributed by atoms with Gasteiger partial charge in [0.1, 0.15) is 5.75 Å². The summed E-state index contributed by atoms with van der Waals surface area (Å²) in [5.74, 6) is -0.405. The molecule has 0 aromatic heterocycles. The lowest BCUT2D eigenvalue weighted by atomic mass is 9.90. The third kappa shape index (κ3) is 4.04. The smallest absolute Gasteiger partial charge is 0.309 e. The highest BCUT2D eigenvalue weighted by molar-refractivity contribution is 9.10. The fourth-order valence-corrected chi connectivity index (χ4v) is 1.99. The van der Waals surface area contributed by atoms with Crippen molar-refractivity contribution in [2.24, 2.45) is 5.41 Å². The van der Waals surface area contributed by atoms with Crippen LogP contribution in [0.15, 0.2) is 16.6 Å². The molecular formula is C12H13BrCl2O3. The van der Waals surface area contributed by atoms with E-state index in [0.29, 0.717) is 26.7 Å². The molecule has 0 fully saturated rings. The summed E-state index contributed by atoms with van der Waals surface area (Å²) < 4.78 is 6.15. The van der Waals surface area contributed by atoms with Crippen LogP contribution < -0.4 is 4.74 Å². The van der Waals surface area contributed by atoms with E-state index in [1.165, 1.54) is 0 Å². The second-order valence-electron chi connectivity index (χ2n) is 4.48. The number of carboxylic acid groups (broad SMARTS) is 1. The molecule has 0 heterocycles. The topological polar surface area (TPSA) is 46.5 Å². The fraction of sp³-hybridized carbons (Fsp3) is 0.417. The molecule has 100 valence electrons. The maximum atomic E-state index is 10.9. The third-order valence-corrected chi connectivity index (χ3v) is 4.03. The van der Waals surface area contributed by atoms with Gasteiger partial charge in [-0.15, -0.1) is 0 Å². The Morgan fingerprint density at radius 2 is 2.00 bits per heavy atom. The van der Waals surface area contributed by atoms with Crippen LogP contribution in [0.3, 0.4) is 0 Å². The SMILES string of the molecule is CC(C)(CCOc1cc(Cl)c(Br)cc1Cl)C(=O)O. The Morgan fingerprint density at radius 3 is 2.56 bits per heavy atom. The molecule has 1 N–H and O–H groups in total. The lowest BCUT2D eigenvalue weighted by molar-refractivity contribution is -0.147. The van der Waals surface area contributed by atoms with E-state index in [1.54, 1.807) is 26.0 Å². The van der Waals surface area contributed by atoms with Crippen LogP contribution in [0, 0.1) is 5.41 Å². The number of rotatable bonds is 5. The summed E-state index contributed by atoms with van der Waals surface area (Å²) in [4.78, 5) is 10.9. The van der Waals surface area contributed by atoms with Crippen molar-refractivity contribution in [2.45, 2.75) is 20.3 Å². The van der Waals surface area contributed by atoms with Crippen molar-refractivity contribution in [1.29, 1.82) is 0 Å². The quantitative estimate of drug-likeness (QED) is 0.783. The van der Waals surface area contributed by atoms with Crippen LogP contribution in [0.25, 0.3) is 0 Å². The molecule has 0 atom stereocenters. The van der Waals surface area contributed by atoms with Crippen LogP contribution in [0.1, 0.15) is 20.3 Å². The molecule has 0 amide bonds. The molecule has 0 bridgehead atoms. The Hall–Kier alpha value is -0.450. The molecule has 0 aliphatic heterocycles. The standard InChI is InChI=1S/C12H13BrCl2O3/c1-12(2,11(16)17)3-4-18-10-6-8(14)7(13)5-9(10)15/h5-6H,3-4H2,1-2H3,(H,16,17). The van der Waals surface area contributed by atoms with Crippen molar-refractivity contribution >= 4 is 45.1 Å². The lowest BCUT2D eigenvalue weighted by Gasteiger charge is -2.19. The molecule has 3 nitrogen and oxygen atoms in total. The van der Waals surface area contributed by atoms with Crippen LogP contribution in [-0.4, -0.2) is 17.7 Å². The largest absolute Gasteiger partial charge is 0.492 e. The van der Waals surface area contributed by atoms with Gasteiger partial charge in [0.2, 0.25) is 0 Å². The van der Waals surface area contributed by atoms with E-state index in [0.717, 1.165) is 0 Å². The van der Waals surface area contributed by atoms with Gasteiger partial charge in [-0.3, -0.25) is 4.79 Å². The number of hydrogen-bond donors (Lipinski definition) is 1. The van der Waals surface area contributed by atoms with E-state index >= 15 is 0 Å². The van der Waals surface area contributed by atoms with Gasteiger partial charge < -0.3 is 9.84 Å². The summed E-state index contributed by atoms with van der Waals surface area (Å²) in [6.07, 6.45) is 0.381. The van der Waals surface area contributed by atoms with Crippen LogP contribution in [0.4, 0.5) is 0 Å². The summed E-state index contributed by atoms with van der Waals surface area (Å²) in [5, 5.41) is 9.89. The highest BCUT2D eigenvalue weighted by Crippen LogP contribution is 2.34. The maximum Gasteiger partial charge on any atom is 0.309 e. The van der Waals surface area contributed by atoms with Crippen molar-refractivity contribution in [3.05, 3.63) is 26.7 Å². The van der Waals surface area contributed by atoms with Gasteiger partial charge in [-0.2, -0.15) is 0 Å². The summed E-state index contributed by atoms with van der Waals surface area (Å²) >= 11 is 15.2. The summed E-state index contributed by atoms with van der Waals surface area (Å²) in [6, 6.07) is 3.24. The molecule has 18 heavy (non-hydrogen) atoms. The predicted octanol–water partition coefficient (Wildman–Crippen LogP) is 4.64. The van der Waals surface area contributed by atoms with Gasteiger partial charge in [-0.1, -0.05) is 23.2 Å². The number of ether oxygens (including phenoxy) is 1. The molecule has 1 aromatic carbocycles. The molecule has 0 unspecified atom stereocenters. The Morgan fingerprint density at radius 1 is 1.39 bits per heavy atom. The molecule has 0 saturated carbocycles. The van der Waals surface area contributed by atoms with Crippen LogP contribution >= 0.6 is 39.1 Å². The molecular weight excluding hydrogens is 343 g/mol. The number of carbonyl (C=O) groups is 1. The fourth-order valence-electron chi connectivity index (χ4n) is 1.14. The maximum absolute atomic E-state index is 10.9. The minimum Gasteiger partial charge on any atom is -0.492 e. The third-order valence-electron chi connectivity index (χ3n) is 2.54. The monoisotopic (exact) mass is 354 g/mol. The number of benzene rings is 1. The Labute approximate surface area is 124 Å². The van der Waals surface area contributed by atoms with Crippen molar-refractivity contribution in [2.75, 3.05) is 6.61 Å². The van der Waals surface area contributed by atoms with Gasteiger partial charge in [0.25, 0.3) is 0 Å². The number of hydrogen-bond acceptors (Lipinski definition) is 2. The van der Waals surface area contributed by atoms with Crippen LogP contribution in [-0.2, 0) is 4.79 Å². The minimum absolute atomic E-state index is 0.261. The molecule has 6 heteroatoms. The van der Waals surface area contributed by atoms with Crippen molar-refractivity contribution in [3.63, 3.8) is 0 Å². The predicted molar refractivity (Wildman–Crippen MR) is 75.7 cm³/mol. The van der Waals surface area contributed by atoms with Gasteiger partial charge >= 0.3 is 5.97 Å². The van der Waals surface area contributed by atoms with E-state index in [9.17, 15) is 4.79 Å². The molecule has 1 rings (SSSR count). The summed E-state index contributed by atoms with van der Waals surface area (Å²) in [5.41, 5.74) is -0.828. The molecule has 0 spiro atoms. The first-order valence-electron chi connectivity index (χ1n) is 5.25. The normalized spacial score (nSPS) is 11.4. The molecule has 0 aliphatic carbocycles. The van der Waals surface area contributed by atoms with Crippen LogP contribution in [0.2, 0.25) is 10.0 Å². The second-order valence-corrected chi connectivity index (χ2v) is 6.15. The highest BCUT2D eigenvalue weighted by Gasteiger charge is 2.26. The first-order valence-corrected chi connectivity index (χ1v) is 6.79. The molecule has 1 aromatic rings. The lowest BCUT2D eigenvalue weighted by Crippen LogP contribution is -2.25.